The molecular formula is C19H23N5O. The molecule has 6 nitrogen and oxygen atoms in total. The molecule has 130 valence electrons. The molecule has 2 N–H and O–H groups in total. The number of hydrogen-bond acceptors (Lipinski definition) is 4. The highest BCUT2D eigenvalue weighted by atomic mass is 16.2. The normalized spacial score (nSPS) is 20.2. The van der Waals surface area contributed by atoms with Crippen LogP contribution in [0.1, 0.15) is 37.4 Å². The molecule has 0 unspecified atom stereocenters. The van der Waals surface area contributed by atoms with Crippen LogP contribution in [0.3, 0.4) is 0 Å². The summed E-state index contributed by atoms with van der Waals surface area (Å²) in [5, 5.41) is 5.91. The van der Waals surface area contributed by atoms with Crippen molar-refractivity contribution in [1.82, 2.24) is 15.3 Å². The van der Waals surface area contributed by atoms with Gasteiger partial charge in [0.15, 0.2) is 0 Å². The molecule has 1 atom stereocenters. The van der Waals surface area contributed by atoms with E-state index < -0.39 is 0 Å². The fourth-order valence-electron chi connectivity index (χ4n) is 3.28. The Morgan fingerprint density at radius 1 is 1.08 bits per heavy atom. The largest absolute Gasteiger partial charge is 0.369 e. The van der Waals surface area contributed by atoms with Crippen molar-refractivity contribution in [3.8, 4) is 0 Å². The van der Waals surface area contributed by atoms with Crippen molar-refractivity contribution in [2.45, 2.75) is 37.6 Å². The lowest BCUT2D eigenvalue weighted by molar-refractivity contribution is 0.246. The number of aromatic nitrogens is 2. The van der Waals surface area contributed by atoms with Gasteiger partial charge < -0.3 is 15.5 Å². The van der Waals surface area contributed by atoms with Crippen molar-refractivity contribution in [2.24, 2.45) is 0 Å². The summed E-state index contributed by atoms with van der Waals surface area (Å²) in [6, 6.07) is 10.3. The summed E-state index contributed by atoms with van der Waals surface area (Å²) in [6.07, 6.45) is 7.79. The Hall–Kier alpha value is -2.63. The number of benzene rings is 1. The van der Waals surface area contributed by atoms with Crippen LogP contribution < -0.4 is 15.5 Å². The maximum atomic E-state index is 12.3. The maximum Gasteiger partial charge on any atom is 0.319 e. The Morgan fingerprint density at radius 2 is 1.84 bits per heavy atom. The smallest absolute Gasteiger partial charge is 0.319 e. The first-order valence-electron chi connectivity index (χ1n) is 8.97. The van der Waals surface area contributed by atoms with Gasteiger partial charge in [-0.1, -0.05) is 18.2 Å². The fourth-order valence-corrected chi connectivity index (χ4v) is 3.28. The first kappa shape index (κ1) is 15.9. The molecule has 2 heterocycles. The molecule has 1 aromatic heterocycles. The van der Waals surface area contributed by atoms with E-state index in [9.17, 15) is 4.79 Å². The molecule has 4 rings (SSSR count). The van der Waals surface area contributed by atoms with E-state index in [-0.39, 0.29) is 12.1 Å². The number of hydrogen-bond donors (Lipinski definition) is 2. The van der Waals surface area contributed by atoms with Gasteiger partial charge in [-0.05, 0) is 37.8 Å². The topological polar surface area (TPSA) is 70.1 Å². The Kier molecular flexibility index (Phi) is 4.50. The minimum atomic E-state index is -0.192. The molecule has 2 aromatic rings. The van der Waals surface area contributed by atoms with E-state index in [1.807, 2.05) is 18.2 Å². The van der Waals surface area contributed by atoms with E-state index >= 15 is 0 Å². The standard InChI is InChI=1S/C19H23N5O/c25-19(23-16-11-20-18(21-12-16)14-8-9-14)22-15-5-4-10-24(13-15)17-6-2-1-3-7-17/h1-3,6-7,11-12,14-15H,4-5,8-10,13H2,(H2,22,23,25)/t15-/m0/s1. The first-order valence-corrected chi connectivity index (χ1v) is 8.97. The highest BCUT2D eigenvalue weighted by Crippen LogP contribution is 2.37. The molecule has 6 heteroatoms. The third-order valence-electron chi connectivity index (χ3n) is 4.75. The number of nitrogens with zero attached hydrogens (tertiary/aromatic N) is 3. The Balaban J connectivity index is 1.31. The quantitative estimate of drug-likeness (QED) is 0.899. The second-order valence-corrected chi connectivity index (χ2v) is 6.82. The second-order valence-electron chi connectivity index (χ2n) is 6.82. The maximum absolute atomic E-state index is 12.3. The Bertz CT molecular complexity index is 714. The third kappa shape index (κ3) is 4.07. The highest BCUT2D eigenvalue weighted by Gasteiger charge is 2.26. The monoisotopic (exact) mass is 337 g/mol. The Labute approximate surface area is 147 Å². The van der Waals surface area contributed by atoms with Crippen LogP contribution in [0.2, 0.25) is 0 Å². The first-order chi connectivity index (χ1) is 12.3. The number of amides is 2. The number of carbonyl (C=O) groups excluding carboxylic acids is 1. The van der Waals surface area contributed by atoms with Crippen molar-refractivity contribution in [1.29, 1.82) is 0 Å². The van der Waals surface area contributed by atoms with Crippen LogP contribution in [0, 0.1) is 0 Å². The summed E-state index contributed by atoms with van der Waals surface area (Å²) in [6.45, 7) is 1.86. The lowest BCUT2D eigenvalue weighted by Crippen LogP contribution is -2.49. The summed E-state index contributed by atoms with van der Waals surface area (Å²) in [4.78, 5) is 23.2. The van der Waals surface area contributed by atoms with Gasteiger partial charge in [-0.2, -0.15) is 0 Å². The van der Waals surface area contributed by atoms with Gasteiger partial charge in [-0.25, -0.2) is 14.8 Å². The van der Waals surface area contributed by atoms with Crippen LogP contribution in [0.5, 0.6) is 0 Å². The molecular weight excluding hydrogens is 314 g/mol. The van der Waals surface area contributed by atoms with Crippen molar-refractivity contribution >= 4 is 17.4 Å². The van der Waals surface area contributed by atoms with E-state index in [0.717, 1.165) is 31.8 Å². The zero-order valence-electron chi connectivity index (χ0n) is 14.2. The molecule has 25 heavy (non-hydrogen) atoms. The third-order valence-corrected chi connectivity index (χ3v) is 4.75. The summed E-state index contributed by atoms with van der Waals surface area (Å²) >= 11 is 0. The molecule has 1 aromatic carbocycles. The number of para-hydroxylation sites is 1. The van der Waals surface area contributed by atoms with Crippen LogP contribution in [-0.2, 0) is 0 Å². The van der Waals surface area contributed by atoms with Crippen molar-refractivity contribution in [3.63, 3.8) is 0 Å². The SMILES string of the molecule is O=C(Nc1cnc(C2CC2)nc1)N[C@H]1CCCN(c2ccccc2)C1. The molecule has 2 aliphatic rings. The second kappa shape index (κ2) is 7.09. The van der Waals surface area contributed by atoms with Gasteiger partial charge in [0.25, 0.3) is 0 Å². The molecule has 1 aliphatic carbocycles. The van der Waals surface area contributed by atoms with Crippen LogP contribution in [0.15, 0.2) is 42.7 Å². The lowest BCUT2D eigenvalue weighted by atomic mass is 10.1. The van der Waals surface area contributed by atoms with Gasteiger partial charge in [0.2, 0.25) is 0 Å². The van der Waals surface area contributed by atoms with E-state index in [1.165, 1.54) is 18.5 Å². The van der Waals surface area contributed by atoms with Crippen molar-refractivity contribution in [3.05, 3.63) is 48.5 Å². The molecule has 0 bridgehead atoms. The summed E-state index contributed by atoms with van der Waals surface area (Å²) in [5.74, 6) is 1.41. The van der Waals surface area contributed by atoms with Gasteiger partial charge >= 0.3 is 6.03 Å². The van der Waals surface area contributed by atoms with Crippen LogP contribution >= 0.6 is 0 Å². The van der Waals surface area contributed by atoms with Crippen LogP contribution in [-0.4, -0.2) is 35.1 Å². The van der Waals surface area contributed by atoms with E-state index in [0.29, 0.717) is 11.6 Å². The zero-order chi connectivity index (χ0) is 17.1. The number of rotatable bonds is 4. The number of anilines is 2. The van der Waals surface area contributed by atoms with E-state index in [4.69, 9.17) is 0 Å². The molecule has 2 amide bonds. The number of carbonyl (C=O) groups is 1. The predicted molar refractivity (Wildman–Crippen MR) is 97.8 cm³/mol. The average molecular weight is 337 g/mol. The summed E-state index contributed by atoms with van der Waals surface area (Å²) in [5.41, 5.74) is 1.84. The van der Waals surface area contributed by atoms with Gasteiger partial charge in [-0.15, -0.1) is 0 Å². The fraction of sp³-hybridized carbons (Fsp3) is 0.421. The Morgan fingerprint density at radius 3 is 2.56 bits per heavy atom. The molecule has 0 radical (unpaired) electrons. The number of urea groups is 1. The molecule has 0 spiro atoms. The highest BCUT2D eigenvalue weighted by molar-refractivity contribution is 5.89. The van der Waals surface area contributed by atoms with E-state index in [2.05, 4.69) is 37.6 Å². The van der Waals surface area contributed by atoms with Gasteiger partial charge in [0.1, 0.15) is 5.82 Å². The average Bonchev–Trinajstić information content (AvgIpc) is 3.48. The van der Waals surface area contributed by atoms with E-state index in [1.54, 1.807) is 12.4 Å². The van der Waals surface area contributed by atoms with Gasteiger partial charge in [0.05, 0.1) is 18.1 Å². The van der Waals surface area contributed by atoms with Gasteiger partial charge in [0, 0.05) is 30.7 Å². The molecule has 1 saturated heterocycles. The molecule has 2 fully saturated rings. The number of nitrogens with one attached hydrogen (secondary N) is 2. The van der Waals surface area contributed by atoms with Crippen molar-refractivity contribution in [2.75, 3.05) is 23.3 Å². The predicted octanol–water partition coefficient (Wildman–Crippen LogP) is 3.14. The zero-order valence-corrected chi connectivity index (χ0v) is 14.2. The molecule has 1 saturated carbocycles. The van der Waals surface area contributed by atoms with Crippen LogP contribution in [0.25, 0.3) is 0 Å². The minimum absolute atomic E-state index is 0.139. The summed E-state index contributed by atoms with van der Waals surface area (Å²) < 4.78 is 0. The lowest BCUT2D eigenvalue weighted by Gasteiger charge is -2.34. The minimum Gasteiger partial charge on any atom is -0.369 e. The van der Waals surface area contributed by atoms with Crippen LogP contribution in [0.4, 0.5) is 16.2 Å². The molecule has 1 aliphatic heterocycles. The number of piperidine rings is 1. The summed E-state index contributed by atoms with van der Waals surface area (Å²) in [7, 11) is 0. The van der Waals surface area contributed by atoms with Gasteiger partial charge in [-0.3, -0.25) is 0 Å². The van der Waals surface area contributed by atoms with Crippen molar-refractivity contribution < 1.29 is 4.79 Å².